The molecule has 2 aliphatic rings. The van der Waals surface area contributed by atoms with Crippen LogP contribution in [0.5, 0.6) is 0 Å². The molecule has 0 radical (unpaired) electrons. The van der Waals surface area contributed by atoms with Crippen molar-refractivity contribution in [3.63, 3.8) is 0 Å². The van der Waals surface area contributed by atoms with Crippen molar-refractivity contribution >= 4 is 0 Å². The van der Waals surface area contributed by atoms with Crippen LogP contribution < -0.4 is 0 Å². The molecular formula is C19H29NO3. The van der Waals surface area contributed by atoms with Gasteiger partial charge in [-0.3, -0.25) is 0 Å². The van der Waals surface area contributed by atoms with Crippen LogP contribution in [-0.2, 0) is 16.0 Å². The average Bonchev–Trinajstić information content (AvgIpc) is 2.81. The Hall–Kier alpha value is -0.940. The number of hydroxylamine groups is 3. The Morgan fingerprint density at radius 1 is 1.09 bits per heavy atom. The van der Waals surface area contributed by atoms with Crippen molar-refractivity contribution in [2.45, 2.75) is 78.2 Å². The molecule has 5 atom stereocenters. The predicted molar refractivity (Wildman–Crippen MR) is 90.3 cm³/mol. The minimum absolute atomic E-state index is 0.143. The van der Waals surface area contributed by atoms with E-state index < -0.39 is 5.79 Å². The van der Waals surface area contributed by atoms with Crippen molar-refractivity contribution in [3.8, 4) is 0 Å². The first-order valence-electron chi connectivity index (χ1n) is 8.53. The molecule has 0 aromatic heterocycles. The highest BCUT2D eigenvalue weighted by Crippen LogP contribution is 2.50. The SMILES string of the molecule is C[C@@H]1[C@H]2OC(C)(C)O[C@H]2[C@H](C(C)(C)C)[N@@+]1([O-])Cc1ccccc1. The number of fused-ring (bicyclic) bond motifs is 1. The van der Waals surface area contributed by atoms with Gasteiger partial charge in [-0.25, -0.2) is 0 Å². The van der Waals surface area contributed by atoms with Crippen LogP contribution >= 0.6 is 0 Å². The second kappa shape index (κ2) is 5.28. The van der Waals surface area contributed by atoms with E-state index in [0.29, 0.717) is 6.54 Å². The van der Waals surface area contributed by atoms with Gasteiger partial charge < -0.3 is 19.3 Å². The predicted octanol–water partition coefficient (Wildman–Crippen LogP) is 3.84. The van der Waals surface area contributed by atoms with E-state index in [9.17, 15) is 5.21 Å². The second-order valence-corrected chi connectivity index (χ2v) is 8.61. The summed E-state index contributed by atoms with van der Waals surface area (Å²) in [5, 5.41) is 14.0. The van der Waals surface area contributed by atoms with Gasteiger partial charge in [-0.2, -0.15) is 0 Å². The molecule has 4 heteroatoms. The Kier molecular flexibility index (Phi) is 3.88. The van der Waals surface area contributed by atoms with Crippen molar-refractivity contribution in [1.82, 2.24) is 0 Å². The topological polar surface area (TPSA) is 41.5 Å². The Bertz CT molecular complexity index is 566. The van der Waals surface area contributed by atoms with E-state index in [2.05, 4.69) is 20.8 Å². The fourth-order valence-corrected chi connectivity index (χ4v) is 4.44. The quantitative estimate of drug-likeness (QED) is 0.614. The Balaban J connectivity index is 1.98. The molecule has 23 heavy (non-hydrogen) atoms. The summed E-state index contributed by atoms with van der Waals surface area (Å²) in [4.78, 5) is 0. The van der Waals surface area contributed by atoms with Gasteiger partial charge in [0, 0.05) is 11.0 Å². The monoisotopic (exact) mass is 319 g/mol. The van der Waals surface area contributed by atoms with Gasteiger partial charge in [-0.1, -0.05) is 51.1 Å². The lowest BCUT2D eigenvalue weighted by molar-refractivity contribution is -0.937. The lowest BCUT2D eigenvalue weighted by atomic mass is 9.83. The zero-order chi connectivity index (χ0) is 17.0. The summed E-state index contributed by atoms with van der Waals surface area (Å²) in [6.45, 7) is 12.8. The van der Waals surface area contributed by atoms with E-state index in [1.54, 1.807) is 0 Å². The molecule has 2 aliphatic heterocycles. The van der Waals surface area contributed by atoms with E-state index in [1.807, 2.05) is 51.1 Å². The summed E-state index contributed by atoms with van der Waals surface area (Å²) in [5.41, 5.74) is 0.913. The van der Waals surface area contributed by atoms with Crippen LogP contribution in [-0.4, -0.2) is 34.7 Å². The minimum atomic E-state index is -0.606. The summed E-state index contributed by atoms with van der Waals surface area (Å²) in [5.74, 6) is -0.606. The fourth-order valence-electron chi connectivity index (χ4n) is 4.44. The standard InChI is InChI=1S/C19H29NO3/c1-13-15-16(23-19(5,6)22-15)17(18(2,3)4)20(13,21)12-14-10-8-7-9-11-14/h7-11,13,15-17H,12H2,1-6H3/t13-,15-,16-,17-,20-/m1/s1. The molecule has 2 saturated heterocycles. The van der Waals surface area contributed by atoms with Crippen LogP contribution in [0, 0.1) is 10.6 Å². The molecule has 0 amide bonds. The first-order valence-corrected chi connectivity index (χ1v) is 8.53. The summed E-state index contributed by atoms with van der Waals surface area (Å²) in [6.07, 6.45) is -0.295. The Morgan fingerprint density at radius 2 is 1.65 bits per heavy atom. The molecule has 128 valence electrons. The third-order valence-electron chi connectivity index (χ3n) is 5.27. The highest BCUT2D eigenvalue weighted by molar-refractivity contribution is 5.14. The third kappa shape index (κ3) is 2.82. The number of ether oxygens (including phenoxy) is 2. The lowest BCUT2D eigenvalue weighted by Crippen LogP contribution is -2.58. The molecule has 2 heterocycles. The number of rotatable bonds is 2. The number of benzene rings is 1. The smallest absolute Gasteiger partial charge is 0.164 e. The Labute approximate surface area is 139 Å². The largest absolute Gasteiger partial charge is 0.632 e. The summed E-state index contributed by atoms with van der Waals surface area (Å²) in [6, 6.07) is 9.73. The molecule has 2 fully saturated rings. The van der Waals surface area contributed by atoms with Gasteiger partial charge in [0.1, 0.15) is 30.8 Å². The lowest BCUT2D eigenvalue weighted by Gasteiger charge is -2.53. The average molecular weight is 319 g/mol. The molecule has 1 aromatic carbocycles. The summed E-state index contributed by atoms with van der Waals surface area (Å²) >= 11 is 0. The molecule has 0 bridgehead atoms. The molecule has 0 aliphatic carbocycles. The van der Waals surface area contributed by atoms with Crippen molar-refractivity contribution in [3.05, 3.63) is 41.1 Å². The van der Waals surface area contributed by atoms with Crippen molar-refractivity contribution in [1.29, 1.82) is 0 Å². The van der Waals surface area contributed by atoms with Crippen LogP contribution in [0.15, 0.2) is 30.3 Å². The van der Waals surface area contributed by atoms with Gasteiger partial charge in [0.05, 0.1) is 0 Å². The molecule has 0 saturated carbocycles. The molecular weight excluding hydrogens is 290 g/mol. The van der Waals surface area contributed by atoms with Gasteiger partial charge in [0.2, 0.25) is 0 Å². The maximum Gasteiger partial charge on any atom is 0.164 e. The highest BCUT2D eigenvalue weighted by Gasteiger charge is 2.65. The van der Waals surface area contributed by atoms with Gasteiger partial charge in [0.15, 0.2) is 5.79 Å². The van der Waals surface area contributed by atoms with Gasteiger partial charge in [-0.05, 0) is 20.8 Å². The van der Waals surface area contributed by atoms with E-state index in [-0.39, 0.29) is 34.4 Å². The normalized spacial score (nSPS) is 39.4. The van der Waals surface area contributed by atoms with Crippen molar-refractivity contribution in [2.24, 2.45) is 5.41 Å². The molecule has 0 unspecified atom stereocenters. The highest BCUT2D eigenvalue weighted by atomic mass is 16.8. The maximum atomic E-state index is 14.0. The van der Waals surface area contributed by atoms with E-state index in [0.717, 1.165) is 5.56 Å². The second-order valence-electron chi connectivity index (χ2n) is 8.61. The minimum Gasteiger partial charge on any atom is -0.632 e. The molecule has 0 N–H and O–H groups in total. The number of nitrogens with zero attached hydrogens (tertiary/aromatic N) is 1. The first kappa shape index (κ1) is 16.9. The number of likely N-dealkylation sites (tertiary alicyclic amines) is 1. The van der Waals surface area contributed by atoms with Crippen LogP contribution in [0.25, 0.3) is 0 Å². The summed E-state index contributed by atoms with van der Waals surface area (Å²) < 4.78 is 12.0. The fraction of sp³-hybridized carbons (Fsp3) is 0.684. The van der Waals surface area contributed by atoms with Gasteiger partial charge in [0.25, 0.3) is 0 Å². The molecule has 1 aromatic rings. The van der Waals surface area contributed by atoms with Crippen LogP contribution in [0.1, 0.15) is 47.1 Å². The third-order valence-corrected chi connectivity index (χ3v) is 5.27. The van der Waals surface area contributed by atoms with E-state index in [4.69, 9.17) is 9.47 Å². The van der Waals surface area contributed by atoms with E-state index >= 15 is 0 Å². The van der Waals surface area contributed by atoms with Gasteiger partial charge >= 0.3 is 0 Å². The molecule has 3 rings (SSSR count). The Morgan fingerprint density at radius 3 is 2.22 bits per heavy atom. The van der Waals surface area contributed by atoms with Crippen LogP contribution in [0.2, 0.25) is 0 Å². The van der Waals surface area contributed by atoms with Crippen molar-refractivity contribution < 1.29 is 14.1 Å². The molecule has 0 spiro atoms. The molecule has 4 nitrogen and oxygen atoms in total. The number of hydrogen-bond acceptors (Lipinski definition) is 3. The number of quaternary nitrogens is 1. The van der Waals surface area contributed by atoms with Crippen LogP contribution in [0.4, 0.5) is 0 Å². The van der Waals surface area contributed by atoms with Crippen LogP contribution in [0.3, 0.4) is 0 Å². The van der Waals surface area contributed by atoms with E-state index in [1.165, 1.54) is 0 Å². The van der Waals surface area contributed by atoms with Crippen molar-refractivity contribution in [2.75, 3.05) is 0 Å². The first-order chi connectivity index (χ1) is 10.5. The van der Waals surface area contributed by atoms with Gasteiger partial charge in [-0.15, -0.1) is 0 Å². The zero-order valence-electron chi connectivity index (χ0n) is 15.1. The zero-order valence-corrected chi connectivity index (χ0v) is 15.1. The summed E-state index contributed by atoms with van der Waals surface area (Å²) in [7, 11) is 0. The maximum absolute atomic E-state index is 14.0. The number of hydrogen-bond donors (Lipinski definition) is 0.